The van der Waals surface area contributed by atoms with Crippen LogP contribution in [0.5, 0.6) is 0 Å². The zero-order valence-electron chi connectivity index (χ0n) is 10.7. The molecule has 0 aliphatic heterocycles. The van der Waals surface area contributed by atoms with Crippen LogP contribution >= 0.6 is 0 Å². The van der Waals surface area contributed by atoms with E-state index in [-0.39, 0.29) is 5.41 Å². The Kier molecular flexibility index (Phi) is 2.70. The van der Waals surface area contributed by atoms with Crippen LogP contribution in [0.2, 0.25) is 0 Å². The van der Waals surface area contributed by atoms with Gasteiger partial charge in [-0.05, 0) is 35.3 Å². The summed E-state index contributed by atoms with van der Waals surface area (Å²) in [6.07, 6.45) is 3.88. The maximum Gasteiger partial charge on any atom is 0.0355 e. The summed E-state index contributed by atoms with van der Waals surface area (Å²) in [7, 11) is 0. The van der Waals surface area contributed by atoms with E-state index >= 15 is 0 Å². The molecule has 1 aliphatic carbocycles. The van der Waals surface area contributed by atoms with Crippen LogP contribution in [-0.2, 0) is 5.41 Å². The van der Waals surface area contributed by atoms with E-state index in [9.17, 15) is 0 Å². The van der Waals surface area contributed by atoms with Gasteiger partial charge in [-0.1, -0.05) is 50.8 Å². The second-order valence-corrected chi connectivity index (χ2v) is 4.91. The molecule has 1 aromatic rings. The summed E-state index contributed by atoms with van der Waals surface area (Å²) in [6, 6.07) is 8.50. The van der Waals surface area contributed by atoms with E-state index < -0.39 is 0 Å². The minimum atomic E-state index is -0.0449. The lowest BCUT2D eigenvalue weighted by Gasteiger charge is -2.23. The average molecular weight is 225 g/mol. The fraction of sp³-hybridized carbons (Fsp3) is 0.250. The lowest BCUT2D eigenvalue weighted by atomic mass is 9.81. The third-order valence-corrected chi connectivity index (χ3v) is 3.58. The third-order valence-electron chi connectivity index (χ3n) is 3.58. The van der Waals surface area contributed by atoms with Crippen LogP contribution in [0, 0.1) is 0 Å². The Morgan fingerprint density at radius 1 is 1.29 bits per heavy atom. The van der Waals surface area contributed by atoms with Gasteiger partial charge in [0.1, 0.15) is 0 Å². The highest BCUT2D eigenvalue weighted by atomic mass is 14.6. The van der Waals surface area contributed by atoms with Crippen LogP contribution < -0.4 is 5.73 Å². The van der Waals surface area contributed by atoms with E-state index in [0.717, 1.165) is 5.70 Å². The molecule has 1 aliphatic rings. The van der Waals surface area contributed by atoms with Gasteiger partial charge in [0.2, 0.25) is 0 Å². The fourth-order valence-corrected chi connectivity index (χ4v) is 2.79. The molecule has 1 aromatic carbocycles. The number of allylic oxidation sites excluding steroid dienone is 4. The summed E-state index contributed by atoms with van der Waals surface area (Å²) < 4.78 is 0. The quantitative estimate of drug-likeness (QED) is 0.773. The molecular formula is C16H19N. The Balaban J connectivity index is 2.82. The Morgan fingerprint density at radius 2 is 1.94 bits per heavy atom. The third kappa shape index (κ3) is 1.54. The minimum Gasteiger partial charge on any atom is -0.398 e. The minimum absolute atomic E-state index is 0.0449. The van der Waals surface area contributed by atoms with Gasteiger partial charge in [-0.25, -0.2) is 0 Å². The molecule has 17 heavy (non-hydrogen) atoms. The summed E-state index contributed by atoms with van der Waals surface area (Å²) in [4.78, 5) is 0. The standard InChI is InChI=1S/C16H19N/c1-5-11-12-9-7-8-10-13(12)16(3,4)15(11)14(17)6-2/h5-10H,2,17H2,1,3-4H3/b11-5-,15-14-. The van der Waals surface area contributed by atoms with Gasteiger partial charge in [0.25, 0.3) is 0 Å². The predicted octanol–water partition coefficient (Wildman–Crippen LogP) is 3.78. The lowest BCUT2D eigenvalue weighted by Crippen LogP contribution is -2.18. The van der Waals surface area contributed by atoms with Gasteiger partial charge in [0.15, 0.2) is 0 Å². The van der Waals surface area contributed by atoms with Crippen LogP contribution in [0.4, 0.5) is 0 Å². The van der Waals surface area contributed by atoms with Crippen molar-refractivity contribution in [2.75, 3.05) is 0 Å². The van der Waals surface area contributed by atoms with Crippen LogP contribution in [0.1, 0.15) is 31.9 Å². The first-order chi connectivity index (χ1) is 8.04. The van der Waals surface area contributed by atoms with Gasteiger partial charge < -0.3 is 5.73 Å². The predicted molar refractivity (Wildman–Crippen MR) is 74.5 cm³/mol. The maximum atomic E-state index is 6.12. The summed E-state index contributed by atoms with van der Waals surface area (Å²) >= 11 is 0. The summed E-state index contributed by atoms with van der Waals surface area (Å²) in [5.41, 5.74) is 11.9. The van der Waals surface area contributed by atoms with E-state index in [1.54, 1.807) is 6.08 Å². The molecule has 2 N–H and O–H groups in total. The van der Waals surface area contributed by atoms with Crippen molar-refractivity contribution < 1.29 is 0 Å². The number of benzene rings is 1. The molecule has 0 aromatic heterocycles. The molecule has 0 saturated heterocycles. The zero-order valence-corrected chi connectivity index (χ0v) is 10.7. The molecule has 0 atom stereocenters. The Bertz CT molecular complexity index is 530. The number of hydrogen-bond acceptors (Lipinski definition) is 1. The molecule has 0 amide bonds. The molecular weight excluding hydrogens is 206 g/mol. The van der Waals surface area contributed by atoms with Gasteiger partial charge in [-0.2, -0.15) is 0 Å². The monoisotopic (exact) mass is 225 g/mol. The molecule has 0 heterocycles. The van der Waals surface area contributed by atoms with Gasteiger partial charge in [-0.15, -0.1) is 0 Å². The number of nitrogens with two attached hydrogens (primary N) is 1. The van der Waals surface area contributed by atoms with Crippen molar-refractivity contribution >= 4 is 5.57 Å². The van der Waals surface area contributed by atoms with Crippen molar-refractivity contribution in [1.29, 1.82) is 0 Å². The molecule has 0 spiro atoms. The highest BCUT2D eigenvalue weighted by molar-refractivity contribution is 5.90. The Labute approximate surface area is 103 Å². The normalized spacial score (nSPS) is 22.4. The zero-order chi connectivity index (χ0) is 12.6. The highest BCUT2D eigenvalue weighted by Crippen LogP contribution is 2.50. The second-order valence-electron chi connectivity index (χ2n) is 4.91. The molecule has 2 rings (SSSR count). The van der Waals surface area contributed by atoms with Crippen LogP contribution in [-0.4, -0.2) is 0 Å². The van der Waals surface area contributed by atoms with Gasteiger partial charge >= 0.3 is 0 Å². The van der Waals surface area contributed by atoms with Crippen molar-refractivity contribution in [2.45, 2.75) is 26.2 Å². The van der Waals surface area contributed by atoms with Crippen molar-refractivity contribution in [3.8, 4) is 0 Å². The van der Waals surface area contributed by atoms with Gasteiger partial charge in [-0.3, -0.25) is 0 Å². The van der Waals surface area contributed by atoms with E-state index in [1.165, 1.54) is 22.3 Å². The number of fused-ring (bicyclic) bond motifs is 1. The molecule has 1 nitrogen and oxygen atoms in total. The van der Waals surface area contributed by atoms with Crippen LogP contribution in [0.3, 0.4) is 0 Å². The summed E-state index contributed by atoms with van der Waals surface area (Å²) in [5, 5.41) is 0. The fourth-order valence-electron chi connectivity index (χ4n) is 2.79. The topological polar surface area (TPSA) is 26.0 Å². The van der Waals surface area contributed by atoms with Crippen LogP contribution in [0.25, 0.3) is 5.57 Å². The molecule has 1 heteroatoms. The SMILES string of the molecule is C=C/C(N)=C1\C(=C/C)c2ccccc2C1(C)C. The van der Waals surface area contributed by atoms with E-state index in [4.69, 9.17) is 5.73 Å². The number of rotatable bonds is 1. The first kappa shape index (κ1) is 11.7. The lowest BCUT2D eigenvalue weighted by molar-refractivity contribution is 0.655. The van der Waals surface area contributed by atoms with Crippen molar-refractivity contribution in [3.63, 3.8) is 0 Å². The second kappa shape index (κ2) is 3.92. The Hall–Kier alpha value is -1.76. The molecule has 0 fully saturated rings. The van der Waals surface area contributed by atoms with Crippen molar-refractivity contribution in [2.24, 2.45) is 5.73 Å². The van der Waals surface area contributed by atoms with E-state index in [2.05, 4.69) is 57.7 Å². The molecule has 88 valence electrons. The summed E-state index contributed by atoms with van der Waals surface area (Å²) in [6.45, 7) is 10.3. The van der Waals surface area contributed by atoms with Gasteiger partial charge in [0, 0.05) is 11.1 Å². The molecule has 0 saturated carbocycles. The van der Waals surface area contributed by atoms with Crippen molar-refractivity contribution in [3.05, 3.63) is 65.4 Å². The highest BCUT2D eigenvalue weighted by Gasteiger charge is 2.38. The van der Waals surface area contributed by atoms with E-state index in [1.807, 2.05) is 0 Å². The molecule has 0 unspecified atom stereocenters. The van der Waals surface area contributed by atoms with Crippen molar-refractivity contribution in [1.82, 2.24) is 0 Å². The number of hydrogen-bond donors (Lipinski definition) is 1. The molecule has 0 radical (unpaired) electrons. The summed E-state index contributed by atoms with van der Waals surface area (Å²) in [5.74, 6) is 0. The van der Waals surface area contributed by atoms with Crippen LogP contribution in [0.15, 0.2) is 54.3 Å². The Morgan fingerprint density at radius 3 is 2.53 bits per heavy atom. The molecule has 0 bridgehead atoms. The maximum absolute atomic E-state index is 6.12. The smallest absolute Gasteiger partial charge is 0.0355 e. The van der Waals surface area contributed by atoms with E-state index in [0.29, 0.717) is 0 Å². The van der Waals surface area contributed by atoms with Gasteiger partial charge in [0.05, 0.1) is 0 Å². The largest absolute Gasteiger partial charge is 0.398 e. The average Bonchev–Trinajstić information content (AvgIpc) is 2.57. The first-order valence-electron chi connectivity index (χ1n) is 5.93. The first-order valence-corrected chi connectivity index (χ1v) is 5.93.